The molecule has 35 heavy (non-hydrogen) atoms. The van der Waals surface area contributed by atoms with E-state index in [2.05, 4.69) is 20.6 Å². The van der Waals surface area contributed by atoms with Gasteiger partial charge in [0.25, 0.3) is 0 Å². The number of halogens is 1. The Kier molecular flexibility index (Phi) is 7.40. The van der Waals surface area contributed by atoms with Crippen LogP contribution in [0.5, 0.6) is 5.75 Å². The zero-order valence-corrected chi connectivity index (χ0v) is 20.6. The van der Waals surface area contributed by atoms with E-state index in [1.54, 1.807) is 23.0 Å². The van der Waals surface area contributed by atoms with Crippen molar-refractivity contribution in [3.05, 3.63) is 76.6 Å². The molecule has 4 aromatic rings. The van der Waals surface area contributed by atoms with E-state index in [1.807, 2.05) is 49.6 Å². The minimum absolute atomic E-state index is 0.118. The fraction of sp³-hybridized carbons (Fsp3) is 0.280. The number of rotatable bonds is 9. The summed E-state index contributed by atoms with van der Waals surface area (Å²) in [6.45, 7) is 6.74. The van der Waals surface area contributed by atoms with Gasteiger partial charge in [0.1, 0.15) is 11.6 Å². The second-order valence-corrected chi connectivity index (χ2v) is 8.46. The van der Waals surface area contributed by atoms with E-state index in [4.69, 9.17) is 17.0 Å². The van der Waals surface area contributed by atoms with Crippen LogP contribution in [0, 0.1) is 17.5 Å². The highest BCUT2D eigenvalue weighted by Crippen LogP contribution is 2.23. The summed E-state index contributed by atoms with van der Waals surface area (Å²) < 4.78 is 22.7. The summed E-state index contributed by atoms with van der Waals surface area (Å²) >= 11 is 5.38. The molecule has 2 aromatic heterocycles. The lowest BCUT2D eigenvalue weighted by Gasteiger charge is -2.15. The summed E-state index contributed by atoms with van der Waals surface area (Å²) in [5, 5.41) is 14.6. The van der Waals surface area contributed by atoms with E-state index >= 15 is 0 Å². The van der Waals surface area contributed by atoms with Crippen LogP contribution in [0.25, 0.3) is 17.1 Å². The lowest BCUT2D eigenvalue weighted by atomic mass is 10.1. The summed E-state index contributed by atoms with van der Waals surface area (Å²) in [6.07, 6.45) is 1.95. The molecule has 4 rings (SSSR count). The molecule has 0 aliphatic carbocycles. The summed E-state index contributed by atoms with van der Waals surface area (Å²) in [5.74, 6) is 1.02. The van der Waals surface area contributed by atoms with Crippen molar-refractivity contribution in [1.29, 1.82) is 0 Å². The predicted octanol–water partition coefficient (Wildman–Crippen LogP) is 4.91. The van der Waals surface area contributed by atoms with Crippen molar-refractivity contribution < 1.29 is 13.9 Å². The summed E-state index contributed by atoms with van der Waals surface area (Å²) in [6, 6.07) is 13.4. The number of ether oxygens (including phenoxy) is 1. The maximum absolute atomic E-state index is 13.2. The number of nitrogens with zero attached hydrogens (tertiary/aromatic N) is 4. The van der Waals surface area contributed by atoms with Crippen LogP contribution in [0.15, 0.2) is 54.7 Å². The van der Waals surface area contributed by atoms with Gasteiger partial charge in [0.15, 0.2) is 10.6 Å². The lowest BCUT2D eigenvalue weighted by molar-refractivity contribution is -0.121. The molecule has 0 aliphatic rings. The second-order valence-electron chi connectivity index (χ2n) is 8.07. The van der Waals surface area contributed by atoms with Crippen molar-refractivity contribution in [1.82, 2.24) is 29.9 Å². The smallest absolute Gasteiger partial charge is 0.222 e. The number of amides is 1. The van der Waals surface area contributed by atoms with Gasteiger partial charge in [0.05, 0.1) is 24.5 Å². The Labute approximate surface area is 207 Å². The van der Waals surface area contributed by atoms with E-state index in [0.29, 0.717) is 23.7 Å². The number of carbonyl (C=O) groups is 1. The summed E-state index contributed by atoms with van der Waals surface area (Å²) in [7, 11) is 0. The molecule has 2 aromatic carbocycles. The molecule has 0 saturated carbocycles. The monoisotopic (exact) mass is 494 g/mol. The van der Waals surface area contributed by atoms with Crippen LogP contribution in [-0.2, 0) is 11.3 Å². The molecule has 0 aliphatic heterocycles. The SMILES string of the molecule is CCOc1ccc(-c2n[nH]c(=S)n2CCC(=O)NC(C)c2cnn(-c3ccc(F)cc3)c2C)cc1. The number of H-pyrrole nitrogens is 1. The minimum Gasteiger partial charge on any atom is -0.494 e. The molecule has 182 valence electrons. The molecule has 0 saturated heterocycles. The van der Waals surface area contributed by atoms with Crippen LogP contribution in [-0.4, -0.2) is 37.1 Å². The van der Waals surface area contributed by atoms with Crippen molar-refractivity contribution in [2.24, 2.45) is 0 Å². The van der Waals surface area contributed by atoms with Gasteiger partial charge in [-0.1, -0.05) is 0 Å². The predicted molar refractivity (Wildman–Crippen MR) is 133 cm³/mol. The molecule has 10 heteroatoms. The molecule has 1 atom stereocenters. The van der Waals surface area contributed by atoms with Gasteiger partial charge in [-0.25, -0.2) is 9.07 Å². The first-order valence-corrected chi connectivity index (χ1v) is 11.8. The standard InChI is InChI=1S/C25H27FN6O2S/c1-4-34-21-11-5-18(6-12-21)24-29-30-25(35)31(24)14-13-23(33)28-16(2)22-15-27-32(17(22)3)20-9-7-19(26)8-10-20/h5-12,15-16H,4,13-14H2,1-3H3,(H,28,33)(H,30,35). The van der Waals surface area contributed by atoms with Crippen LogP contribution in [0.3, 0.4) is 0 Å². The third-order valence-corrected chi connectivity index (χ3v) is 6.02. The molecule has 0 fully saturated rings. The topological polar surface area (TPSA) is 89.8 Å². The van der Waals surface area contributed by atoms with Gasteiger partial charge in [-0.15, -0.1) is 0 Å². The zero-order chi connectivity index (χ0) is 24.9. The first kappa shape index (κ1) is 24.3. The zero-order valence-electron chi connectivity index (χ0n) is 19.8. The number of hydrogen-bond donors (Lipinski definition) is 2. The van der Waals surface area contributed by atoms with E-state index in [9.17, 15) is 9.18 Å². The Morgan fingerprint density at radius 1 is 1.20 bits per heavy atom. The quantitative estimate of drug-likeness (QED) is 0.323. The van der Waals surface area contributed by atoms with Crippen LogP contribution in [0.4, 0.5) is 4.39 Å². The van der Waals surface area contributed by atoms with Crippen molar-refractivity contribution in [2.45, 2.75) is 39.8 Å². The average molecular weight is 495 g/mol. The Morgan fingerprint density at radius 3 is 2.60 bits per heavy atom. The molecule has 2 heterocycles. The highest BCUT2D eigenvalue weighted by Gasteiger charge is 2.17. The second kappa shape index (κ2) is 10.6. The Balaban J connectivity index is 1.41. The largest absolute Gasteiger partial charge is 0.494 e. The third kappa shape index (κ3) is 5.48. The number of hydrogen-bond acceptors (Lipinski definition) is 5. The van der Waals surface area contributed by atoms with Crippen LogP contribution in [0.2, 0.25) is 0 Å². The van der Waals surface area contributed by atoms with Gasteiger partial charge in [0.2, 0.25) is 5.91 Å². The highest BCUT2D eigenvalue weighted by atomic mass is 32.1. The Hall–Kier alpha value is -3.79. The van der Waals surface area contributed by atoms with Gasteiger partial charge in [0, 0.05) is 29.8 Å². The minimum atomic E-state index is -0.303. The molecule has 2 N–H and O–H groups in total. The van der Waals surface area contributed by atoms with Crippen molar-refractivity contribution in [2.75, 3.05) is 6.61 Å². The molecule has 0 radical (unpaired) electrons. The number of nitrogens with one attached hydrogen (secondary N) is 2. The molecule has 0 spiro atoms. The maximum Gasteiger partial charge on any atom is 0.222 e. The lowest BCUT2D eigenvalue weighted by Crippen LogP contribution is -2.27. The van der Waals surface area contributed by atoms with E-state index in [-0.39, 0.29) is 24.2 Å². The fourth-order valence-electron chi connectivity index (χ4n) is 3.91. The van der Waals surface area contributed by atoms with E-state index in [1.165, 1.54) is 12.1 Å². The number of aromatic nitrogens is 5. The molecule has 8 nitrogen and oxygen atoms in total. The van der Waals surface area contributed by atoms with Gasteiger partial charge in [-0.3, -0.25) is 14.5 Å². The molecule has 0 bridgehead atoms. The summed E-state index contributed by atoms with van der Waals surface area (Å²) in [4.78, 5) is 12.7. The van der Waals surface area contributed by atoms with Crippen molar-refractivity contribution in [3.63, 3.8) is 0 Å². The van der Waals surface area contributed by atoms with Gasteiger partial charge >= 0.3 is 0 Å². The average Bonchev–Trinajstić information content (AvgIpc) is 3.41. The normalized spacial score (nSPS) is 11.9. The molecule has 1 unspecified atom stereocenters. The van der Waals surface area contributed by atoms with Gasteiger partial charge < -0.3 is 10.1 Å². The van der Waals surface area contributed by atoms with Crippen LogP contribution in [0.1, 0.15) is 37.6 Å². The maximum atomic E-state index is 13.2. The van der Waals surface area contributed by atoms with Gasteiger partial charge in [-0.05, 0) is 81.5 Å². The highest BCUT2D eigenvalue weighted by molar-refractivity contribution is 7.71. The van der Waals surface area contributed by atoms with Crippen LogP contribution < -0.4 is 10.1 Å². The fourth-order valence-corrected chi connectivity index (χ4v) is 4.13. The molecular weight excluding hydrogens is 467 g/mol. The third-order valence-electron chi connectivity index (χ3n) is 5.71. The Bertz CT molecular complexity index is 1360. The van der Waals surface area contributed by atoms with E-state index in [0.717, 1.165) is 28.3 Å². The number of carbonyl (C=O) groups excluding carboxylic acids is 1. The molecular formula is C25H27FN6O2S. The van der Waals surface area contributed by atoms with Gasteiger partial charge in [-0.2, -0.15) is 10.2 Å². The summed E-state index contributed by atoms with van der Waals surface area (Å²) in [5.41, 5.74) is 3.39. The van der Waals surface area contributed by atoms with Crippen LogP contribution >= 0.6 is 12.2 Å². The Morgan fingerprint density at radius 2 is 1.91 bits per heavy atom. The van der Waals surface area contributed by atoms with Crippen molar-refractivity contribution in [3.8, 4) is 22.8 Å². The van der Waals surface area contributed by atoms with E-state index < -0.39 is 0 Å². The number of aromatic amines is 1. The first-order chi connectivity index (χ1) is 16.9. The first-order valence-electron chi connectivity index (χ1n) is 11.4. The molecule has 1 amide bonds. The van der Waals surface area contributed by atoms with Crippen molar-refractivity contribution >= 4 is 18.1 Å². The number of benzene rings is 2.